The summed E-state index contributed by atoms with van der Waals surface area (Å²) in [5.74, 6) is 0.447. The molecular formula is C18H18N4O2. The van der Waals surface area contributed by atoms with Crippen LogP contribution in [0.1, 0.15) is 5.56 Å². The maximum atomic E-state index is 12.1. The highest BCUT2D eigenvalue weighted by Crippen LogP contribution is 2.25. The quantitative estimate of drug-likeness (QED) is 0.643. The summed E-state index contributed by atoms with van der Waals surface area (Å²) in [7, 11) is 1.82. The predicted octanol–water partition coefficient (Wildman–Crippen LogP) is 3.75. The molecule has 1 heterocycles. The van der Waals surface area contributed by atoms with Crippen LogP contribution in [0.25, 0.3) is 11.3 Å². The molecule has 3 rings (SSSR count). The van der Waals surface area contributed by atoms with Crippen LogP contribution >= 0.6 is 0 Å². The molecule has 0 aliphatic rings. The summed E-state index contributed by atoms with van der Waals surface area (Å²) in [5.41, 5.74) is 3.20. The molecule has 6 heteroatoms. The molecule has 0 atom stereocenters. The van der Waals surface area contributed by atoms with E-state index in [-0.39, 0.29) is 5.75 Å². The summed E-state index contributed by atoms with van der Waals surface area (Å²) in [6.07, 6.45) is 0. The van der Waals surface area contributed by atoms with E-state index in [0.29, 0.717) is 11.5 Å². The highest BCUT2D eigenvalue weighted by Gasteiger charge is 2.11. The van der Waals surface area contributed by atoms with E-state index in [2.05, 4.69) is 15.7 Å². The number of aromatic nitrogens is 2. The summed E-state index contributed by atoms with van der Waals surface area (Å²) in [6.45, 7) is 1.88. The number of rotatable bonds is 3. The molecule has 122 valence electrons. The first-order chi connectivity index (χ1) is 11.5. The number of phenolic OH excluding ortho intramolecular Hbond substituents is 1. The van der Waals surface area contributed by atoms with Gasteiger partial charge in [0.15, 0.2) is 5.82 Å². The molecule has 6 nitrogen and oxygen atoms in total. The minimum atomic E-state index is -0.464. The number of anilines is 2. The predicted molar refractivity (Wildman–Crippen MR) is 94.1 cm³/mol. The van der Waals surface area contributed by atoms with Crippen molar-refractivity contribution in [1.82, 2.24) is 9.78 Å². The number of hydrogen-bond acceptors (Lipinski definition) is 3. The number of hydrogen-bond donors (Lipinski definition) is 3. The van der Waals surface area contributed by atoms with Crippen molar-refractivity contribution in [1.29, 1.82) is 0 Å². The van der Waals surface area contributed by atoms with Gasteiger partial charge in [-0.15, -0.1) is 0 Å². The van der Waals surface area contributed by atoms with Crippen LogP contribution in [0.5, 0.6) is 5.75 Å². The molecule has 2 amide bonds. The SMILES string of the molecule is Cc1ccc(O)c(NC(=O)Nc2cc(-c3ccccc3)n(C)n2)c1. The van der Waals surface area contributed by atoms with Crippen molar-refractivity contribution in [3.8, 4) is 17.0 Å². The van der Waals surface area contributed by atoms with Crippen molar-refractivity contribution >= 4 is 17.5 Å². The summed E-state index contributed by atoms with van der Waals surface area (Å²) < 4.78 is 1.70. The van der Waals surface area contributed by atoms with E-state index in [4.69, 9.17) is 0 Å². The molecule has 0 radical (unpaired) electrons. The van der Waals surface area contributed by atoms with Gasteiger partial charge in [0.1, 0.15) is 5.75 Å². The van der Waals surface area contributed by atoms with Crippen molar-refractivity contribution in [2.75, 3.05) is 10.6 Å². The highest BCUT2D eigenvalue weighted by molar-refractivity contribution is 6.00. The molecule has 0 saturated carbocycles. The van der Waals surface area contributed by atoms with Crippen molar-refractivity contribution < 1.29 is 9.90 Å². The van der Waals surface area contributed by atoms with Gasteiger partial charge in [-0.05, 0) is 30.2 Å². The number of nitrogens with one attached hydrogen (secondary N) is 2. The van der Waals surface area contributed by atoms with Crippen LogP contribution in [0.15, 0.2) is 54.6 Å². The van der Waals surface area contributed by atoms with Crippen molar-refractivity contribution in [3.63, 3.8) is 0 Å². The Morgan fingerprint density at radius 2 is 1.83 bits per heavy atom. The van der Waals surface area contributed by atoms with Gasteiger partial charge in [-0.3, -0.25) is 10.00 Å². The van der Waals surface area contributed by atoms with Crippen LogP contribution in [-0.2, 0) is 7.05 Å². The monoisotopic (exact) mass is 322 g/mol. The molecule has 3 aromatic rings. The molecule has 0 unspecified atom stereocenters. The number of carbonyl (C=O) groups is 1. The Hall–Kier alpha value is -3.28. The number of aromatic hydroxyl groups is 1. The van der Waals surface area contributed by atoms with Gasteiger partial charge in [-0.1, -0.05) is 36.4 Å². The van der Waals surface area contributed by atoms with Crippen molar-refractivity contribution in [2.24, 2.45) is 7.05 Å². The maximum Gasteiger partial charge on any atom is 0.325 e. The van der Waals surface area contributed by atoms with E-state index in [9.17, 15) is 9.90 Å². The lowest BCUT2D eigenvalue weighted by Crippen LogP contribution is -2.19. The third-order valence-electron chi connectivity index (χ3n) is 3.59. The van der Waals surface area contributed by atoms with E-state index in [1.165, 1.54) is 0 Å². The van der Waals surface area contributed by atoms with Gasteiger partial charge in [0.2, 0.25) is 0 Å². The summed E-state index contributed by atoms with van der Waals surface area (Å²) in [4.78, 5) is 12.1. The molecule has 0 aliphatic carbocycles. The van der Waals surface area contributed by atoms with Gasteiger partial charge in [-0.25, -0.2) is 4.79 Å². The fourth-order valence-electron chi connectivity index (χ4n) is 2.43. The van der Waals surface area contributed by atoms with Crippen LogP contribution in [0.2, 0.25) is 0 Å². The Morgan fingerprint density at radius 3 is 2.58 bits per heavy atom. The summed E-state index contributed by atoms with van der Waals surface area (Å²) in [5, 5.41) is 19.4. The molecule has 0 aliphatic heterocycles. The average Bonchev–Trinajstić information content (AvgIpc) is 2.92. The van der Waals surface area contributed by atoms with E-state index in [0.717, 1.165) is 16.8 Å². The number of phenols is 1. The second-order valence-electron chi connectivity index (χ2n) is 5.50. The van der Waals surface area contributed by atoms with Gasteiger partial charge in [0, 0.05) is 13.1 Å². The molecule has 3 N–H and O–H groups in total. The third-order valence-corrected chi connectivity index (χ3v) is 3.59. The maximum absolute atomic E-state index is 12.1. The molecular weight excluding hydrogens is 304 g/mol. The Kier molecular flexibility index (Phi) is 4.20. The standard InChI is InChI=1S/C18H18N4O2/c1-12-8-9-16(23)14(10-12)19-18(24)20-17-11-15(22(2)21-17)13-6-4-3-5-7-13/h3-11,23H,1-2H3,(H2,19,20,21,24). The molecule has 24 heavy (non-hydrogen) atoms. The van der Waals surface area contributed by atoms with Crippen molar-refractivity contribution in [3.05, 3.63) is 60.2 Å². The number of aryl methyl sites for hydroxylation is 2. The number of amides is 2. The minimum Gasteiger partial charge on any atom is -0.506 e. The van der Waals surface area contributed by atoms with Crippen LogP contribution in [0, 0.1) is 6.92 Å². The van der Waals surface area contributed by atoms with Crippen LogP contribution < -0.4 is 10.6 Å². The number of nitrogens with zero attached hydrogens (tertiary/aromatic N) is 2. The normalized spacial score (nSPS) is 10.4. The summed E-state index contributed by atoms with van der Waals surface area (Å²) >= 11 is 0. The first-order valence-corrected chi connectivity index (χ1v) is 7.50. The highest BCUT2D eigenvalue weighted by atomic mass is 16.3. The fourth-order valence-corrected chi connectivity index (χ4v) is 2.43. The second-order valence-corrected chi connectivity index (χ2v) is 5.50. The average molecular weight is 322 g/mol. The second kappa shape index (κ2) is 6.45. The van der Waals surface area contributed by atoms with E-state index < -0.39 is 6.03 Å². The molecule has 1 aromatic heterocycles. The zero-order chi connectivity index (χ0) is 17.1. The van der Waals surface area contributed by atoms with Crippen LogP contribution in [0.4, 0.5) is 16.3 Å². The zero-order valence-electron chi connectivity index (χ0n) is 13.4. The van der Waals surface area contributed by atoms with Gasteiger partial charge in [-0.2, -0.15) is 5.10 Å². The molecule has 0 saturated heterocycles. The van der Waals surface area contributed by atoms with Gasteiger partial charge >= 0.3 is 6.03 Å². The Labute approximate surface area is 139 Å². The first kappa shape index (κ1) is 15.6. The van der Waals surface area contributed by atoms with E-state index in [1.807, 2.05) is 44.3 Å². The summed E-state index contributed by atoms with van der Waals surface area (Å²) in [6, 6.07) is 16.1. The molecule has 0 bridgehead atoms. The van der Waals surface area contributed by atoms with Crippen LogP contribution in [0.3, 0.4) is 0 Å². The number of carbonyl (C=O) groups excluding carboxylic acids is 1. The minimum absolute atomic E-state index is 0.0155. The lowest BCUT2D eigenvalue weighted by atomic mass is 10.1. The number of benzene rings is 2. The molecule has 0 fully saturated rings. The number of urea groups is 1. The molecule has 2 aromatic carbocycles. The van der Waals surface area contributed by atoms with Gasteiger partial charge in [0.05, 0.1) is 11.4 Å². The van der Waals surface area contributed by atoms with E-state index in [1.54, 1.807) is 28.9 Å². The van der Waals surface area contributed by atoms with Gasteiger partial charge in [0.25, 0.3) is 0 Å². The lowest BCUT2D eigenvalue weighted by Gasteiger charge is -2.08. The van der Waals surface area contributed by atoms with Crippen LogP contribution in [-0.4, -0.2) is 20.9 Å². The molecule has 0 spiro atoms. The van der Waals surface area contributed by atoms with E-state index >= 15 is 0 Å². The fraction of sp³-hybridized carbons (Fsp3) is 0.111. The van der Waals surface area contributed by atoms with Gasteiger partial charge < -0.3 is 10.4 Å². The first-order valence-electron chi connectivity index (χ1n) is 7.50. The lowest BCUT2D eigenvalue weighted by molar-refractivity contribution is 0.262. The van der Waals surface area contributed by atoms with Crippen molar-refractivity contribution in [2.45, 2.75) is 6.92 Å². The smallest absolute Gasteiger partial charge is 0.325 e. The third kappa shape index (κ3) is 3.38. The zero-order valence-corrected chi connectivity index (χ0v) is 13.4. The largest absolute Gasteiger partial charge is 0.506 e. The Balaban J connectivity index is 1.75. The Bertz CT molecular complexity index is 872. The topological polar surface area (TPSA) is 79.2 Å². The Morgan fingerprint density at radius 1 is 1.08 bits per heavy atom.